The number of nitrogens with two attached hydrogens (primary N) is 1. The maximum atomic E-state index is 5.67. The molecule has 2 rings (SSSR count). The first-order valence-electron chi connectivity index (χ1n) is 4.47. The Kier molecular flexibility index (Phi) is 2.91. The minimum Gasteiger partial charge on any atom is -0.399 e. The molecule has 1 aromatic heterocycles. The van der Waals surface area contributed by atoms with E-state index < -0.39 is 0 Å². The van der Waals surface area contributed by atoms with Gasteiger partial charge in [0.05, 0.1) is 5.75 Å². The first-order valence-corrected chi connectivity index (χ1v) is 5.86. The van der Waals surface area contributed by atoms with Crippen LogP contribution in [0.15, 0.2) is 28.8 Å². The van der Waals surface area contributed by atoms with Gasteiger partial charge in [0, 0.05) is 11.3 Å². The normalized spacial score (nSPS) is 10.5. The predicted molar refractivity (Wildman–Crippen MR) is 61.4 cm³/mol. The zero-order chi connectivity index (χ0) is 10.7. The Morgan fingerprint density at radius 1 is 1.47 bits per heavy atom. The fraction of sp³-hybridized carbons (Fsp3) is 0.200. The molecule has 4 nitrogen and oxygen atoms in total. The highest BCUT2D eigenvalue weighted by atomic mass is 32.2. The summed E-state index contributed by atoms with van der Waals surface area (Å²) in [6.07, 6.45) is 2.00. The average Bonchev–Trinajstić information content (AvgIpc) is 2.67. The van der Waals surface area contributed by atoms with Gasteiger partial charge in [0.2, 0.25) is 0 Å². The quantitative estimate of drug-likeness (QED) is 0.805. The van der Waals surface area contributed by atoms with Crippen LogP contribution in [-0.2, 0) is 5.75 Å². The van der Waals surface area contributed by atoms with Gasteiger partial charge in [-0.2, -0.15) is 16.7 Å². The van der Waals surface area contributed by atoms with E-state index >= 15 is 0 Å². The van der Waals surface area contributed by atoms with Crippen molar-refractivity contribution in [2.24, 2.45) is 0 Å². The van der Waals surface area contributed by atoms with Crippen LogP contribution in [0.5, 0.6) is 0 Å². The Bertz CT molecular complexity index is 455. The number of anilines is 1. The van der Waals surface area contributed by atoms with E-state index in [9.17, 15) is 0 Å². The molecular formula is C10H11N3OS. The second-order valence-electron chi connectivity index (χ2n) is 3.07. The average molecular weight is 221 g/mol. The number of hydrogen-bond donors (Lipinski definition) is 1. The molecule has 2 N–H and O–H groups in total. The molecule has 0 aliphatic heterocycles. The number of hydrogen-bond acceptors (Lipinski definition) is 5. The van der Waals surface area contributed by atoms with Crippen molar-refractivity contribution in [1.29, 1.82) is 0 Å². The maximum Gasteiger partial charge on any atom is 0.258 e. The molecule has 1 heterocycles. The molecule has 0 aliphatic carbocycles. The Morgan fingerprint density at radius 2 is 2.33 bits per heavy atom. The van der Waals surface area contributed by atoms with Crippen molar-refractivity contribution in [1.82, 2.24) is 10.1 Å². The molecule has 78 valence electrons. The monoisotopic (exact) mass is 221 g/mol. The van der Waals surface area contributed by atoms with Gasteiger partial charge >= 0.3 is 0 Å². The van der Waals surface area contributed by atoms with Crippen LogP contribution in [0, 0.1) is 0 Å². The Labute approximate surface area is 91.9 Å². The van der Waals surface area contributed by atoms with Crippen molar-refractivity contribution in [2.45, 2.75) is 5.75 Å². The summed E-state index contributed by atoms with van der Waals surface area (Å²) in [5.41, 5.74) is 7.22. The van der Waals surface area contributed by atoms with Crippen LogP contribution < -0.4 is 5.73 Å². The van der Waals surface area contributed by atoms with Crippen molar-refractivity contribution in [3.63, 3.8) is 0 Å². The van der Waals surface area contributed by atoms with Gasteiger partial charge in [-0.3, -0.25) is 0 Å². The number of nitrogen functional groups attached to an aromatic ring is 1. The van der Waals surface area contributed by atoms with Crippen LogP contribution in [0.2, 0.25) is 0 Å². The van der Waals surface area contributed by atoms with Gasteiger partial charge in [0.15, 0.2) is 5.82 Å². The lowest BCUT2D eigenvalue weighted by atomic mass is 10.2. The summed E-state index contributed by atoms with van der Waals surface area (Å²) in [5.74, 6) is 1.98. The van der Waals surface area contributed by atoms with E-state index in [0.29, 0.717) is 17.4 Å². The molecular weight excluding hydrogens is 210 g/mol. The lowest BCUT2D eigenvalue weighted by molar-refractivity contribution is 0.425. The zero-order valence-corrected chi connectivity index (χ0v) is 9.12. The molecule has 15 heavy (non-hydrogen) atoms. The minimum absolute atomic E-state index is 0.520. The number of nitrogens with zero attached hydrogens (tertiary/aromatic N) is 2. The molecule has 0 aliphatic rings. The summed E-state index contributed by atoms with van der Waals surface area (Å²) in [6, 6.07) is 7.40. The number of rotatable bonds is 3. The molecule has 5 heteroatoms. The van der Waals surface area contributed by atoms with Gasteiger partial charge in [0.1, 0.15) is 0 Å². The van der Waals surface area contributed by atoms with Crippen LogP contribution in [0.1, 0.15) is 5.82 Å². The van der Waals surface area contributed by atoms with Crippen LogP contribution >= 0.6 is 11.8 Å². The maximum absolute atomic E-state index is 5.67. The van der Waals surface area contributed by atoms with Gasteiger partial charge < -0.3 is 10.3 Å². The lowest BCUT2D eigenvalue weighted by Crippen LogP contribution is -1.86. The summed E-state index contributed by atoms with van der Waals surface area (Å²) in [7, 11) is 0. The molecule has 0 saturated carbocycles. The number of aromatic nitrogens is 2. The number of benzene rings is 1. The van der Waals surface area contributed by atoms with E-state index in [0.717, 1.165) is 11.3 Å². The van der Waals surface area contributed by atoms with Gasteiger partial charge in [-0.15, -0.1) is 0 Å². The molecule has 0 bridgehead atoms. The van der Waals surface area contributed by atoms with Crippen LogP contribution in [0.4, 0.5) is 5.69 Å². The van der Waals surface area contributed by atoms with E-state index in [1.807, 2.05) is 30.5 Å². The standard InChI is InChI=1S/C10H11N3OS/c1-15-6-9-12-10(14-13-9)7-3-2-4-8(11)5-7/h2-5H,6,11H2,1H3. The zero-order valence-electron chi connectivity index (χ0n) is 8.30. The highest BCUT2D eigenvalue weighted by Gasteiger charge is 2.07. The van der Waals surface area contributed by atoms with Gasteiger partial charge in [0.25, 0.3) is 5.89 Å². The molecule has 0 fully saturated rings. The Hall–Kier alpha value is -1.49. The molecule has 0 radical (unpaired) electrons. The Balaban J connectivity index is 2.29. The van der Waals surface area contributed by atoms with Gasteiger partial charge in [-0.1, -0.05) is 11.2 Å². The van der Waals surface area contributed by atoms with E-state index in [4.69, 9.17) is 10.3 Å². The first-order chi connectivity index (χ1) is 7.29. The van der Waals surface area contributed by atoms with Crippen molar-refractivity contribution in [3.05, 3.63) is 30.1 Å². The summed E-state index contributed by atoms with van der Waals surface area (Å²) in [4.78, 5) is 4.26. The molecule has 0 unspecified atom stereocenters. The molecule has 0 atom stereocenters. The summed E-state index contributed by atoms with van der Waals surface area (Å²) < 4.78 is 5.13. The third-order valence-corrected chi connectivity index (χ3v) is 2.42. The summed E-state index contributed by atoms with van der Waals surface area (Å²) >= 11 is 1.66. The molecule has 1 aromatic carbocycles. The molecule has 0 amide bonds. The Morgan fingerprint density at radius 3 is 3.07 bits per heavy atom. The molecule has 0 saturated heterocycles. The SMILES string of the molecule is CSCc1noc(-c2cccc(N)c2)n1. The fourth-order valence-electron chi connectivity index (χ4n) is 1.23. The second-order valence-corrected chi connectivity index (χ2v) is 3.94. The number of thioether (sulfide) groups is 1. The van der Waals surface area contributed by atoms with Crippen LogP contribution in [0.25, 0.3) is 11.5 Å². The lowest BCUT2D eigenvalue weighted by Gasteiger charge is -1.94. The van der Waals surface area contributed by atoms with E-state index in [-0.39, 0.29) is 0 Å². The summed E-state index contributed by atoms with van der Waals surface area (Å²) in [6.45, 7) is 0. The smallest absolute Gasteiger partial charge is 0.258 e. The van der Waals surface area contributed by atoms with Crippen LogP contribution in [0.3, 0.4) is 0 Å². The van der Waals surface area contributed by atoms with E-state index in [1.54, 1.807) is 11.8 Å². The van der Waals surface area contributed by atoms with Crippen molar-refractivity contribution >= 4 is 17.4 Å². The topological polar surface area (TPSA) is 64.9 Å². The highest BCUT2D eigenvalue weighted by molar-refractivity contribution is 7.97. The largest absolute Gasteiger partial charge is 0.399 e. The van der Waals surface area contributed by atoms with E-state index in [1.165, 1.54) is 0 Å². The minimum atomic E-state index is 0.520. The van der Waals surface area contributed by atoms with Crippen LogP contribution in [-0.4, -0.2) is 16.4 Å². The second kappa shape index (κ2) is 4.35. The highest BCUT2D eigenvalue weighted by Crippen LogP contribution is 2.20. The first kappa shape index (κ1) is 10.0. The van der Waals surface area contributed by atoms with Gasteiger partial charge in [-0.05, 0) is 24.5 Å². The van der Waals surface area contributed by atoms with Gasteiger partial charge in [-0.25, -0.2) is 0 Å². The third-order valence-electron chi connectivity index (χ3n) is 1.88. The van der Waals surface area contributed by atoms with Crippen molar-refractivity contribution in [3.8, 4) is 11.5 Å². The fourth-order valence-corrected chi connectivity index (χ4v) is 1.61. The van der Waals surface area contributed by atoms with E-state index in [2.05, 4.69) is 10.1 Å². The molecule has 0 spiro atoms. The third kappa shape index (κ3) is 2.30. The van der Waals surface area contributed by atoms with Crippen molar-refractivity contribution < 1.29 is 4.52 Å². The van der Waals surface area contributed by atoms with Crippen molar-refractivity contribution in [2.75, 3.05) is 12.0 Å². The summed E-state index contributed by atoms with van der Waals surface area (Å²) in [5, 5.41) is 3.86. The molecule has 2 aromatic rings. The predicted octanol–water partition coefficient (Wildman–Crippen LogP) is 2.18.